The number of hydrogen-bond donors (Lipinski definition) is 1. The number of nitrogens with one attached hydrogen (secondary N) is 1. The van der Waals surface area contributed by atoms with E-state index < -0.39 is 0 Å². The highest BCUT2D eigenvalue weighted by atomic mass is 16.5. The van der Waals surface area contributed by atoms with Crippen LogP contribution in [-0.2, 0) is 9.53 Å². The van der Waals surface area contributed by atoms with Gasteiger partial charge in [0.05, 0.1) is 19.2 Å². The van der Waals surface area contributed by atoms with E-state index in [0.29, 0.717) is 31.4 Å². The number of likely N-dealkylation sites (tertiary alicyclic amines) is 1. The Morgan fingerprint density at radius 3 is 3.05 bits per heavy atom. The van der Waals surface area contributed by atoms with Crippen molar-refractivity contribution in [3.8, 4) is 0 Å². The first-order valence-corrected chi connectivity index (χ1v) is 7.46. The van der Waals surface area contributed by atoms with Crippen LogP contribution >= 0.6 is 0 Å². The van der Waals surface area contributed by atoms with E-state index in [2.05, 4.69) is 15.5 Å². The number of aromatic nitrogens is 2. The minimum Gasteiger partial charge on any atom is -0.383 e. The van der Waals surface area contributed by atoms with E-state index in [-0.39, 0.29) is 17.9 Å². The summed E-state index contributed by atoms with van der Waals surface area (Å²) in [6.07, 6.45) is 1.86. The molecule has 1 aromatic heterocycles. The maximum atomic E-state index is 12.3. The average Bonchev–Trinajstić information content (AvgIpc) is 3.10. The maximum absolute atomic E-state index is 12.3. The summed E-state index contributed by atoms with van der Waals surface area (Å²) in [5.74, 6) is 1.53. The molecule has 0 aliphatic carbocycles. The first kappa shape index (κ1) is 15.9. The second-order valence-electron chi connectivity index (χ2n) is 5.56. The van der Waals surface area contributed by atoms with E-state index in [4.69, 9.17) is 9.26 Å². The fraction of sp³-hybridized carbons (Fsp3) is 0.786. The molecule has 2 rings (SSSR count). The van der Waals surface area contributed by atoms with E-state index in [1.165, 1.54) is 0 Å². The molecule has 0 aromatic carbocycles. The number of amides is 1. The zero-order chi connectivity index (χ0) is 15.2. The molecule has 1 N–H and O–H groups in total. The molecule has 1 fully saturated rings. The normalized spacial score (nSPS) is 18.7. The molecule has 0 spiro atoms. The van der Waals surface area contributed by atoms with Gasteiger partial charge in [0, 0.05) is 26.1 Å². The second kappa shape index (κ2) is 7.51. The van der Waals surface area contributed by atoms with Crippen LogP contribution in [0, 0.1) is 0 Å². The standard InChI is InChI=1S/C14H24N4O3/c1-10(2)14-16-13(17-21-14)11-5-4-7-18(11)12(19)9-15-6-8-20-3/h10-11,15H,4-9H2,1-3H3. The van der Waals surface area contributed by atoms with Crippen molar-refractivity contribution < 1.29 is 14.1 Å². The fourth-order valence-corrected chi connectivity index (χ4v) is 2.42. The van der Waals surface area contributed by atoms with Crippen LogP contribution in [0.3, 0.4) is 0 Å². The van der Waals surface area contributed by atoms with Gasteiger partial charge in [-0.15, -0.1) is 0 Å². The molecule has 118 valence electrons. The van der Waals surface area contributed by atoms with Gasteiger partial charge in [-0.2, -0.15) is 4.98 Å². The fourth-order valence-electron chi connectivity index (χ4n) is 2.42. The van der Waals surface area contributed by atoms with Gasteiger partial charge in [-0.1, -0.05) is 19.0 Å². The summed E-state index contributed by atoms with van der Waals surface area (Å²) >= 11 is 0. The number of carbonyl (C=O) groups is 1. The lowest BCUT2D eigenvalue weighted by molar-refractivity contribution is -0.131. The number of ether oxygens (including phenoxy) is 1. The van der Waals surface area contributed by atoms with Crippen LogP contribution in [0.2, 0.25) is 0 Å². The highest BCUT2D eigenvalue weighted by molar-refractivity contribution is 5.79. The van der Waals surface area contributed by atoms with Crippen molar-refractivity contribution in [2.75, 3.05) is 33.4 Å². The Morgan fingerprint density at radius 1 is 1.57 bits per heavy atom. The largest absolute Gasteiger partial charge is 0.383 e. The van der Waals surface area contributed by atoms with Crippen LogP contribution in [0.5, 0.6) is 0 Å². The molecular weight excluding hydrogens is 272 g/mol. The third-order valence-electron chi connectivity index (χ3n) is 3.58. The molecule has 1 amide bonds. The van der Waals surface area contributed by atoms with Gasteiger partial charge in [-0.05, 0) is 12.8 Å². The van der Waals surface area contributed by atoms with Crippen LogP contribution in [0.15, 0.2) is 4.52 Å². The molecule has 0 bridgehead atoms. The van der Waals surface area contributed by atoms with Crippen molar-refractivity contribution in [3.05, 3.63) is 11.7 Å². The predicted octanol–water partition coefficient (Wildman–Crippen LogP) is 1.09. The quantitative estimate of drug-likeness (QED) is 0.759. The highest BCUT2D eigenvalue weighted by Gasteiger charge is 2.33. The Balaban J connectivity index is 1.94. The molecule has 7 heteroatoms. The van der Waals surface area contributed by atoms with Crippen LogP contribution in [0.1, 0.15) is 50.4 Å². The zero-order valence-corrected chi connectivity index (χ0v) is 13.0. The van der Waals surface area contributed by atoms with Crippen molar-refractivity contribution in [2.45, 2.75) is 38.6 Å². The number of hydrogen-bond acceptors (Lipinski definition) is 6. The molecule has 2 heterocycles. The summed E-state index contributed by atoms with van der Waals surface area (Å²) in [7, 11) is 1.64. The summed E-state index contributed by atoms with van der Waals surface area (Å²) in [5, 5.41) is 7.12. The molecule has 1 aromatic rings. The number of methoxy groups -OCH3 is 1. The SMILES string of the molecule is COCCNCC(=O)N1CCCC1c1noc(C(C)C)n1. The van der Waals surface area contributed by atoms with Gasteiger partial charge >= 0.3 is 0 Å². The van der Waals surface area contributed by atoms with Crippen molar-refractivity contribution in [2.24, 2.45) is 0 Å². The molecule has 1 unspecified atom stereocenters. The van der Waals surface area contributed by atoms with Gasteiger partial charge in [-0.25, -0.2) is 0 Å². The third kappa shape index (κ3) is 4.01. The van der Waals surface area contributed by atoms with Gasteiger partial charge in [0.25, 0.3) is 0 Å². The van der Waals surface area contributed by atoms with Gasteiger partial charge in [0.2, 0.25) is 11.8 Å². The van der Waals surface area contributed by atoms with Crippen LogP contribution < -0.4 is 5.32 Å². The van der Waals surface area contributed by atoms with Crippen LogP contribution in [0.25, 0.3) is 0 Å². The summed E-state index contributed by atoms with van der Waals surface area (Å²) in [6.45, 7) is 6.35. The Morgan fingerprint density at radius 2 is 2.38 bits per heavy atom. The Bertz CT molecular complexity index is 461. The van der Waals surface area contributed by atoms with E-state index in [1.54, 1.807) is 7.11 Å². The van der Waals surface area contributed by atoms with Crippen molar-refractivity contribution >= 4 is 5.91 Å². The first-order valence-electron chi connectivity index (χ1n) is 7.46. The van der Waals surface area contributed by atoms with E-state index in [9.17, 15) is 4.79 Å². The van der Waals surface area contributed by atoms with Crippen molar-refractivity contribution in [1.82, 2.24) is 20.4 Å². The van der Waals surface area contributed by atoms with Gasteiger partial charge in [0.15, 0.2) is 5.82 Å². The Hall–Kier alpha value is -1.47. The minimum atomic E-state index is -0.0574. The van der Waals surface area contributed by atoms with Gasteiger partial charge in [-0.3, -0.25) is 4.79 Å². The van der Waals surface area contributed by atoms with Crippen LogP contribution in [0.4, 0.5) is 0 Å². The van der Waals surface area contributed by atoms with E-state index in [1.807, 2.05) is 18.7 Å². The highest BCUT2D eigenvalue weighted by Crippen LogP contribution is 2.30. The summed E-state index contributed by atoms with van der Waals surface area (Å²) < 4.78 is 10.2. The molecule has 0 radical (unpaired) electrons. The Labute approximate surface area is 125 Å². The lowest BCUT2D eigenvalue weighted by atomic mass is 10.2. The summed E-state index contributed by atoms with van der Waals surface area (Å²) in [5.41, 5.74) is 0. The lowest BCUT2D eigenvalue weighted by Crippen LogP contribution is -2.38. The second-order valence-corrected chi connectivity index (χ2v) is 5.56. The molecule has 1 aliphatic heterocycles. The van der Waals surface area contributed by atoms with E-state index >= 15 is 0 Å². The molecule has 21 heavy (non-hydrogen) atoms. The zero-order valence-electron chi connectivity index (χ0n) is 13.0. The smallest absolute Gasteiger partial charge is 0.237 e. The lowest BCUT2D eigenvalue weighted by Gasteiger charge is -2.22. The van der Waals surface area contributed by atoms with Gasteiger partial charge in [0.1, 0.15) is 0 Å². The van der Waals surface area contributed by atoms with Gasteiger partial charge < -0.3 is 19.5 Å². The topological polar surface area (TPSA) is 80.5 Å². The first-order chi connectivity index (χ1) is 10.1. The summed E-state index contributed by atoms with van der Waals surface area (Å²) in [6, 6.07) is -0.0574. The average molecular weight is 296 g/mol. The molecule has 1 saturated heterocycles. The number of rotatable bonds is 7. The molecular formula is C14H24N4O3. The summed E-state index contributed by atoms with van der Waals surface area (Å²) in [4.78, 5) is 18.5. The maximum Gasteiger partial charge on any atom is 0.237 e. The predicted molar refractivity (Wildman–Crippen MR) is 76.8 cm³/mol. The molecule has 0 saturated carbocycles. The third-order valence-corrected chi connectivity index (χ3v) is 3.58. The molecule has 1 atom stereocenters. The van der Waals surface area contributed by atoms with Crippen molar-refractivity contribution in [3.63, 3.8) is 0 Å². The van der Waals surface area contributed by atoms with Crippen LogP contribution in [-0.4, -0.2) is 54.3 Å². The van der Waals surface area contributed by atoms with Crippen molar-refractivity contribution in [1.29, 1.82) is 0 Å². The Kier molecular flexibility index (Phi) is 5.69. The van der Waals surface area contributed by atoms with E-state index in [0.717, 1.165) is 19.4 Å². The molecule has 7 nitrogen and oxygen atoms in total. The minimum absolute atomic E-state index is 0.0574. The molecule has 1 aliphatic rings. The monoisotopic (exact) mass is 296 g/mol. The number of nitrogens with zero attached hydrogens (tertiary/aromatic N) is 3. The number of carbonyl (C=O) groups excluding carboxylic acids is 1.